The first-order valence-electron chi connectivity index (χ1n) is 10.2. The molecule has 0 aliphatic carbocycles. The van der Waals surface area contributed by atoms with Gasteiger partial charge in [0.15, 0.2) is 0 Å². The predicted octanol–water partition coefficient (Wildman–Crippen LogP) is 5.13. The molecule has 0 aliphatic heterocycles. The molecular weight excluding hydrogens is 410 g/mol. The fourth-order valence-electron chi connectivity index (χ4n) is 3.32. The molecule has 5 nitrogen and oxygen atoms in total. The van der Waals surface area contributed by atoms with Gasteiger partial charge in [0.2, 0.25) is 0 Å². The number of hydrogen-bond acceptors (Lipinski definition) is 4. The Kier molecular flexibility index (Phi) is 7.13. The SMILES string of the molecule is CC[C@@H](C)N(Cc1cccc(OS(C)(=O)=O)c1)C(=O)c1ccc(-c2ccccc2)cc1. The Morgan fingerprint density at radius 3 is 2.19 bits per heavy atom. The molecule has 3 aromatic rings. The minimum atomic E-state index is -3.61. The molecule has 0 aliphatic rings. The third kappa shape index (κ3) is 6.18. The first-order chi connectivity index (χ1) is 14.8. The highest BCUT2D eigenvalue weighted by Crippen LogP contribution is 2.22. The highest BCUT2D eigenvalue weighted by Gasteiger charge is 2.21. The summed E-state index contributed by atoms with van der Waals surface area (Å²) in [6.45, 7) is 4.40. The Balaban J connectivity index is 1.82. The quantitative estimate of drug-likeness (QED) is 0.458. The summed E-state index contributed by atoms with van der Waals surface area (Å²) in [5.74, 6) is 0.173. The summed E-state index contributed by atoms with van der Waals surface area (Å²) in [4.78, 5) is 15.1. The minimum Gasteiger partial charge on any atom is -0.383 e. The fourth-order valence-corrected chi connectivity index (χ4v) is 3.77. The Hall–Kier alpha value is -3.12. The van der Waals surface area contributed by atoms with Crippen LogP contribution >= 0.6 is 0 Å². The zero-order valence-electron chi connectivity index (χ0n) is 18.0. The van der Waals surface area contributed by atoms with E-state index in [0.717, 1.165) is 29.4 Å². The molecule has 0 aromatic heterocycles. The summed E-state index contributed by atoms with van der Waals surface area (Å²) < 4.78 is 27.8. The summed E-state index contributed by atoms with van der Waals surface area (Å²) in [6.07, 6.45) is 1.81. The van der Waals surface area contributed by atoms with Crippen LogP contribution in [0, 0.1) is 0 Å². The Labute approximate surface area is 184 Å². The number of hydrogen-bond donors (Lipinski definition) is 0. The van der Waals surface area contributed by atoms with Crippen molar-refractivity contribution < 1.29 is 17.4 Å². The molecule has 162 valence electrons. The second kappa shape index (κ2) is 9.79. The maximum atomic E-state index is 13.3. The molecule has 1 amide bonds. The van der Waals surface area contributed by atoms with Crippen molar-refractivity contribution in [3.05, 3.63) is 90.0 Å². The van der Waals surface area contributed by atoms with Crippen molar-refractivity contribution in [2.24, 2.45) is 0 Å². The van der Waals surface area contributed by atoms with Gasteiger partial charge in [-0.05, 0) is 54.3 Å². The number of rotatable bonds is 8. The van der Waals surface area contributed by atoms with E-state index in [4.69, 9.17) is 4.18 Å². The standard InChI is InChI=1S/C25H27NO4S/c1-4-19(2)26(18-20-9-8-12-24(17-20)30-31(3,28)29)25(27)23-15-13-22(14-16-23)21-10-6-5-7-11-21/h5-17,19H,4,18H2,1-3H3/t19-/m1/s1. The third-order valence-corrected chi connectivity index (χ3v) is 5.62. The van der Waals surface area contributed by atoms with E-state index >= 15 is 0 Å². The smallest absolute Gasteiger partial charge is 0.306 e. The largest absolute Gasteiger partial charge is 0.383 e. The Morgan fingerprint density at radius 1 is 0.935 bits per heavy atom. The van der Waals surface area contributed by atoms with Gasteiger partial charge in [-0.1, -0.05) is 61.5 Å². The molecule has 1 atom stereocenters. The van der Waals surface area contributed by atoms with Crippen LogP contribution in [0.15, 0.2) is 78.9 Å². The fraction of sp³-hybridized carbons (Fsp3) is 0.240. The summed E-state index contributed by atoms with van der Waals surface area (Å²) >= 11 is 0. The van der Waals surface area contributed by atoms with Crippen molar-refractivity contribution in [3.8, 4) is 16.9 Å². The molecule has 0 spiro atoms. The van der Waals surface area contributed by atoms with E-state index < -0.39 is 10.1 Å². The second-order valence-corrected chi connectivity index (χ2v) is 9.14. The Bertz CT molecular complexity index is 1130. The molecule has 0 radical (unpaired) electrons. The molecule has 3 aromatic carbocycles. The number of benzene rings is 3. The monoisotopic (exact) mass is 437 g/mol. The van der Waals surface area contributed by atoms with Gasteiger partial charge in [-0.2, -0.15) is 8.42 Å². The summed E-state index contributed by atoms with van der Waals surface area (Å²) in [6, 6.07) is 24.5. The van der Waals surface area contributed by atoms with Gasteiger partial charge in [0.05, 0.1) is 6.26 Å². The summed E-state index contributed by atoms with van der Waals surface area (Å²) in [7, 11) is -3.61. The molecular formula is C25H27NO4S. The highest BCUT2D eigenvalue weighted by molar-refractivity contribution is 7.86. The molecule has 0 N–H and O–H groups in total. The zero-order valence-corrected chi connectivity index (χ0v) is 18.8. The lowest BCUT2D eigenvalue weighted by Gasteiger charge is -2.29. The van der Waals surface area contributed by atoms with E-state index in [2.05, 4.69) is 0 Å². The van der Waals surface area contributed by atoms with E-state index in [1.54, 1.807) is 23.1 Å². The number of amides is 1. The molecule has 3 rings (SSSR count). The minimum absolute atomic E-state index is 0.0146. The highest BCUT2D eigenvalue weighted by atomic mass is 32.2. The summed E-state index contributed by atoms with van der Waals surface area (Å²) in [5, 5.41) is 0. The van der Waals surface area contributed by atoms with E-state index in [9.17, 15) is 13.2 Å². The average Bonchev–Trinajstić information content (AvgIpc) is 2.76. The van der Waals surface area contributed by atoms with E-state index in [1.807, 2.05) is 74.5 Å². The molecule has 0 saturated carbocycles. The van der Waals surface area contributed by atoms with Crippen LogP contribution in [-0.4, -0.2) is 31.5 Å². The summed E-state index contributed by atoms with van der Waals surface area (Å²) in [5.41, 5.74) is 3.57. The topological polar surface area (TPSA) is 63.7 Å². The van der Waals surface area contributed by atoms with Crippen molar-refractivity contribution in [3.63, 3.8) is 0 Å². The maximum absolute atomic E-state index is 13.3. The van der Waals surface area contributed by atoms with Gasteiger partial charge in [0.25, 0.3) is 5.91 Å². The molecule has 6 heteroatoms. The first kappa shape index (κ1) is 22.6. The van der Waals surface area contributed by atoms with Crippen LogP contribution < -0.4 is 4.18 Å². The number of nitrogens with zero attached hydrogens (tertiary/aromatic N) is 1. The predicted molar refractivity (Wildman–Crippen MR) is 123 cm³/mol. The molecule has 31 heavy (non-hydrogen) atoms. The van der Waals surface area contributed by atoms with E-state index in [0.29, 0.717) is 12.1 Å². The normalized spacial score (nSPS) is 12.2. The number of carbonyl (C=O) groups excluding carboxylic acids is 1. The van der Waals surface area contributed by atoms with Gasteiger partial charge in [-0.15, -0.1) is 0 Å². The third-order valence-electron chi connectivity index (χ3n) is 5.12. The van der Waals surface area contributed by atoms with Crippen LogP contribution in [0.2, 0.25) is 0 Å². The van der Waals surface area contributed by atoms with Crippen LogP contribution in [0.5, 0.6) is 5.75 Å². The maximum Gasteiger partial charge on any atom is 0.306 e. The lowest BCUT2D eigenvalue weighted by atomic mass is 10.0. The first-order valence-corrected chi connectivity index (χ1v) is 12.0. The van der Waals surface area contributed by atoms with Gasteiger partial charge >= 0.3 is 10.1 Å². The lowest BCUT2D eigenvalue weighted by molar-refractivity contribution is 0.0671. The molecule has 0 unspecified atom stereocenters. The van der Waals surface area contributed by atoms with E-state index in [1.165, 1.54) is 0 Å². The zero-order chi connectivity index (χ0) is 22.4. The van der Waals surface area contributed by atoms with Crippen molar-refractivity contribution in [1.29, 1.82) is 0 Å². The number of carbonyl (C=O) groups is 1. The van der Waals surface area contributed by atoms with Gasteiger partial charge in [-0.3, -0.25) is 4.79 Å². The lowest BCUT2D eigenvalue weighted by Crippen LogP contribution is -2.37. The molecule has 0 saturated heterocycles. The van der Waals surface area contributed by atoms with E-state index in [-0.39, 0.29) is 17.7 Å². The van der Waals surface area contributed by atoms with Gasteiger partial charge < -0.3 is 9.08 Å². The van der Waals surface area contributed by atoms with Gasteiger partial charge in [0, 0.05) is 18.2 Å². The van der Waals surface area contributed by atoms with Crippen LogP contribution in [-0.2, 0) is 16.7 Å². The van der Waals surface area contributed by atoms with Crippen LogP contribution in [0.4, 0.5) is 0 Å². The van der Waals surface area contributed by atoms with Crippen molar-refractivity contribution in [1.82, 2.24) is 4.90 Å². The second-order valence-electron chi connectivity index (χ2n) is 7.57. The van der Waals surface area contributed by atoms with Crippen molar-refractivity contribution >= 4 is 16.0 Å². The molecule has 0 heterocycles. The van der Waals surface area contributed by atoms with Crippen LogP contribution in [0.1, 0.15) is 36.2 Å². The van der Waals surface area contributed by atoms with Crippen molar-refractivity contribution in [2.75, 3.05) is 6.26 Å². The average molecular weight is 438 g/mol. The van der Waals surface area contributed by atoms with Gasteiger partial charge in [0.1, 0.15) is 5.75 Å². The Morgan fingerprint density at radius 2 is 1.58 bits per heavy atom. The van der Waals surface area contributed by atoms with Crippen LogP contribution in [0.3, 0.4) is 0 Å². The molecule has 0 bridgehead atoms. The van der Waals surface area contributed by atoms with Crippen molar-refractivity contribution in [2.45, 2.75) is 32.9 Å². The van der Waals surface area contributed by atoms with Crippen LogP contribution in [0.25, 0.3) is 11.1 Å². The van der Waals surface area contributed by atoms with Gasteiger partial charge in [-0.25, -0.2) is 0 Å². The molecule has 0 fully saturated rings.